The van der Waals surface area contributed by atoms with Crippen LogP contribution in [0.4, 0.5) is 0 Å². The van der Waals surface area contributed by atoms with Gasteiger partial charge in [0.15, 0.2) is 0 Å². The van der Waals surface area contributed by atoms with E-state index in [0.717, 1.165) is 19.6 Å². The van der Waals surface area contributed by atoms with Gasteiger partial charge < -0.3 is 5.32 Å². The van der Waals surface area contributed by atoms with Gasteiger partial charge in [-0.3, -0.25) is 4.90 Å². The van der Waals surface area contributed by atoms with E-state index in [-0.39, 0.29) is 0 Å². The van der Waals surface area contributed by atoms with E-state index >= 15 is 0 Å². The smallest absolute Gasteiger partial charge is 0.0240 e. The Bertz CT molecular complexity index is 362. The van der Waals surface area contributed by atoms with Crippen molar-refractivity contribution in [3.8, 4) is 0 Å². The molecule has 1 N–H and O–H groups in total. The Balaban J connectivity index is 2.00. The van der Waals surface area contributed by atoms with E-state index in [1.807, 2.05) is 0 Å². The molecular formula is C16H26N2. The van der Waals surface area contributed by atoms with E-state index in [9.17, 15) is 0 Å². The van der Waals surface area contributed by atoms with Crippen molar-refractivity contribution < 1.29 is 0 Å². The van der Waals surface area contributed by atoms with Crippen LogP contribution in [0.5, 0.6) is 0 Å². The lowest BCUT2D eigenvalue weighted by Gasteiger charge is -2.35. The van der Waals surface area contributed by atoms with Crippen molar-refractivity contribution in [2.45, 2.75) is 45.7 Å². The minimum atomic E-state index is 0.698. The molecule has 0 saturated carbocycles. The molecular weight excluding hydrogens is 220 g/mol. The van der Waals surface area contributed by atoms with Crippen LogP contribution in [0, 0.1) is 0 Å². The predicted octanol–water partition coefficient (Wildman–Crippen LogP) is 2.82. The zero-order valence-electron chi connectivity index (χ0n) is 11.8. The van der Waals surface area contributed by atoms with Crippen LogP contribution in [0.2, 0.25) is 0 Å². The zero-order valence-corrected chi connectivity index (χ0v) is 11.8. The van der Waals surface area contributed by atoms with Crippen LogP contribution in [0.3, 0.4) is 0 Å². The fraction of sp³-hybridized carbons (Fsp3) is 0.625. The summed E-state index contributed by atoms with van der Waals surface area (Å²) in [6, 6.07) is 9.60. The molecule has 0 bridgehead atoms. The van der Waals surface area contributed by atoms with Crippen LogP contribution in [0.15, 0.2) is 24.3 Å². The Morgan fingerprint density at radius 2 is 2.00 bits per heavy atom. The fourth-order valence-corrected chi connectivity index (χ4v) is 2.89. The molecule has 1 heterocycles. The Hall–Kier alpha value is -0.860. The highest BCUT2D eigenvalue weighted by Gasteiger charge is 2.22. The molecule has 2 rings (SSSR count). The van der Waals surface area contributed by atoms with E-state index in [4.69, 9.17) is 0 Å². The molecule has 0 spiro atoms. The monoisotopic (exact) mass is 246 g/mol. The second-order valence-corrected chi connectivity index (χ2v) is 5.24. The molecule has 0 saturated heterocycles. The number of rotatable bonds is 6. The Morgan fingerprint density at radius 1 is 1.22 bits per heavy atom. The molecule has 1 aliphatic rings. The van der Waals surface area contributed by atoms with Crippen LogP contribution in [-0.2, 0) is 13.0 Å². The minimum absolute atomic E-state index is 0.698. The second-order valence-electron chi connectivity index (χ2n) is 5.24. The van der Waals surface area contributed by atoms with Gasteiger partial charge in [-0.25, -0.2) is 0 Å². The molecule has 2 nitrogen and oxygen atoms in total. The molecule has 2 heteroatoms. The first-order chi connectivity index (χ1) is 8.85. The molecule has 1 aliphatic heterocycles. The number of fused-ring (bicyclic) bond motifs is 1. The topological polar surface area (TPSA) is 15.3 Å². The summed E-state index contributed by atoms with van der Waals surface area (Å²) in [7, 11) is 0. The number of benzene rings is 1. The maximum atomic E-state index is 3.51. The SMILES string of the molecule is CCCC(CNCC)N1CCc2ccccc2C1. The summed E-state index contributed by atoms with van der Waals surface area (Å²) in [5.74, 6) is 0. The molecule has 1 unspecified atom stereocenters. The summed E-state index contributed by atoms with van der Waals surface area (Å²) in [5, 5.41) is 3.51. The first kappa shape index (κ1) is 13.6. The van der Waals surface area contributed by atoms with Gasteiger partial charge in [0.25, 0.3) is 0 Å². The lowest BCUT2D eigenvalue weighted by atomic mass is 9.97. The van der Waals surface area contributed by atoms with E-state index in [1.165, 1.54) is 31.4 Å². The van der Waals surface area contributed by atoms with Crippen molar-refractivity contribution in [2.24, 2.45) is 0 Å². The van der Waals surface area contributed by atoms with Gasteiger partial charge in [0.05, 0.1) is 0 Å². The van der Waals surface area contributed by atoms with Gasteiger partial charge in [-0.15, -0.1) is 0 Å². The molecule has 1 aromatic carbocycles. The minimum Gasteiger partial charge on any atom is -0.315 e. The van der Waals surface area contributed by atoms with Crippen LogP contribution in [-0.4, -0.2) is 30.6 Å². The van der Waals surface area contributed by atoms with Gasteiger partial charge in [0.1, 0.15) is 0 Å². The first-order valence-corrected chi connectivity index (χ1v) is 7.36. The van der Waals surface area contributed by atoms with Crippen molar-refractivity contribution in [2.75, 3.05) is 19.6 Å². The lowest BCUT2D eigenvalue weighted by Crippen LogP contribution is -2.44. The zero-order chi connectivity index (χ0) is 12.8. The molecule has 0 radical (unpaired) electrons. The summed E-state index contributed by atoms with van der Waals surface area (Å²) in [4.78, 5) is 2.66. The normalized spacial score (nSPS) is 17.4. The average molecular weight is 246 g/mol. The molecule has 0 fully saturated rings. The van der Waals surface area contributed by atoms with Crippen LogP contribution >= 0.6 is 0 Å². The molecule has 18 heavy (non-hydrogen) atoms. The Morgan fingerprint density at radius 3 is 2.72 bits per heavy atom. The van der Waals surface area contributed by atoms with Gasteiger partial charge in [-0.05, 0) is 30.5 Å². The van der Waals surface area contributed by atoms with Gasteiger partial charge in [0.2, 0.25) is 0 Å². The highest BCUT2D eigenvalue weighted by atomic mass is 15.2. The maximum Gasteiger partial charge on any atom is 0.0240 e. The molecule has 0 aliphatic carbocycles. The van der Waals surface area contributed by atoms with Gasteiger partial charge in [-0.2, -0.15) is 0 Å². The molecule has 0 amide bonds. The van der Waals surface area contributed by atoms with Crippen molar-refractivity contribution >= 4 is 0 Å². The van der Waals surface area contributed by atoms with Crippen molar-refractivity contribution in [1.29, 1.82) is 0 Å². The summed E-state index contributed by atoms with van der Waals surface area (Å²) in [6.45, 7) is 9.03. The second kappa shape index (κ2) is 6.91. The van der Waals surface area contributed by atoms with E-state index in [2.05, 4.69) is 48.3 Å². The third kappa shape index (κ3) is 3.33. The van der Waals surface area contributed by atoms with Crippen LogP contribution in [0.25, 0.3) is 0 Å². The highest BCUT2D eigenvalue weighted by Crippen LogP contribution is 2.21. The largest absolute Gasteiger partial charge is 0.315 e. The van der Waals surface area contributed by atoms with Gasteiger partial charge >= 0.3 is 0 Å². The molecule has 1 aromatic rings. The number of hydrogen-bond acceptors (Lipinski definition) is 2. The van der Waals surface area contributed by atoms with Gasteiger partial charge in [-0.1, -0.05) is 44.5 Å². The Labute approximate surface area is 111 Å². The van der Waals surface area contributed by atoms with Crippen molar-refractivity contribution in [1.82, 2.24) is 10.2 Å². The van der Waals surface area contributed by atoms with Crippen molar-refractivity contribution in [3.05, 3.63) is 35.4 Å². The molecule has 1 atom stereocenters. The van der Waals surface area contributed by atoms with E-state index in [0.29, 0.717) is 6.04 Å². The standard InChI is InChI=1S/C16H26N2/c1-3-7-16(12-17-4-2)18-11-10-14-8-5-6-9-15(14)13-18/h5-6,8-9,16-17H,3-4,7,10-13H2,1-2H3. The lowest BCUT2D eigenvalue weighted by molar-refractivity contribution is 0.165. The van der Waals surface area contributed by atoms with Crippen LogP contribution < -0.4 is 5.32 Å². The van der Waals surface area contributed by atoms with Crippen LogP contribution in [0.1, 0.15) is 37.8 Å². The van der Waals surface area contributed by atoms with E-state index in [1.54, 1.807) is 5.56 Å². The number of likely N-dealkylation sites (N-methyl/N-ethyl adjacent to an activating group) is 1. The Kier molecular flexibility index (Phi) is 5.21. The fourth-order valence-electron chi connectivity index (χ4n) is 2.89. The van der Waals surface area contributed by atoms with E-state index < -0.39 is 0 Å². The first-order valence-electron chi connectivity index (χ1n) is 7.36. The number of nitrogens with one attached hydrogen (secondary N) is 1. The third-order valence-corrected chi connectivity index (χ3v) is 3.93. The summed E-state index contributed by atoms with van der Waals surface area (Å²) in [6.07, 6.45) is 3.78. The number of hydrogen-bond donors (Lipinski definition) is 1. The summed E-state index contributed by atoms with van der Waals surface area (Å²) in [5.41, 5.74) is 3.08. The highest BCUT2D eigenvalue weighted by molar-refractivity contribution is 5.29. The molecule has 0 aromatic heterocycles. The van der Waals surface area contributed by atoms with Gasteiger partial charge in [0, 0.05) is 25.7 Å². The predicted molar refractivity (Wildman–Crippen MR) is 77.8 cm³/mol. The number of nitrogens with zero attached hydrogens (tertiary/aromatic N) is 1. The third-order valence-electron chi connectivity index (χ3n) is 3.93. The average Bonchev–Trinajstić information content (AvgIpc) is 2.43. The maximum absolute atomic E-state index is 3.51. The quantitative estimate of drug-likeness (QED) is 0.830. The summed E-state index contributed by atoms with van der Waals surface area (Å²) < 4.78 is 0. The van der Waals surface area contributed by atoms with Crippen molar-refractivity contribution in [3.63, 3.8) is 0 Å². The molecule has 100 valence electrons. The summed E-state index contributed by atoms with van der Waals surface area (Å²) >= 11 is 0.